The predicted octanol–water partition coefficient (Wildman–Crippen LogP) is 1.05. The number of aliphatic carboxylic acids is 1. The normalized spacial score (nSPS) is 21.3. The van der Waals surface area contributed by atoms with E-state index < -0.39 is 17.8 Å². The zero-order valence-electron chi connectivity index (χ0n) is 17.5. The van der Waals surface area contributed by atoms with Gasteiger partial charge in [-0.05, 0) is 43.4 Å². The second-order valence-electron chi connectivity index (χ2n) is 8.41. The zero-order chi connectivity index (χ0) is 21.5. The highest BCUT2D eigenvalue weighted by molar-refractivity contribution is 5.71. The Bertz CT molecular complexity index is 782. The van der Waals surface area contributed by atoms with E-state index in [2.05, 4.69) is 36.2 Å². The van der Waals surface area contributed by atoms with Crippen LogP contribution in [0.15, 0.2) is 18.3 Å². The van der Waals surface area contributed by atoms with Gasteiger partial charge in [-0.15, -0.1) is 10.2 Å². The van der Waals surface area contributed by atoms with Crippen LogP contribution in [0.25, 0.3) is 0 Å². The fourth-order valence-corrected chi connectivity index (χ4v) is 3.94. The molecule has 0 amide bonds. The summed E-state index contributed by atoms with van der Waals surface area (Å²) in [4.78, 5) is 16.4. The quantitative estimate of drug-likeness (QED) is 0.382. The molecule has 0 bridgehead atoms. The van der Waals surface area contributed by atoms with Crippen molar-refractivity contribution in [3.05, 3.63) is 29.7 Å². The molecule has 4 atom stereocenters. The Hall–Kier alpha value is -2.59. The van der Waals surface area contributed by atoms with E-state index in [4.69, 9.17) is 0 Å². The Morgan fingerprint density at radius 2 is 2.20 bits per heavy atom. The van der Waals surface area contributed by atoms with Gasteiger partial charge < -0.3 is 20.8 Å². The lowest BCUT2D eigenvalue weighted by molar-refractivity contribution is -0.143. The number of hydrogen-bond donors (Lipinski definition) is 5. The molecule has 0 aliphatic carbocycles. The fraction of sp³-hybridized carbons (Fsp3) is 0.650. The van der Waals surface area contributed by atoms with Gasteiger partial charge in [0, 0.05) is 31.1 Å². The maximum Gasteiger partial charge on any atom is 0.307 e. The molecule has 3 rings (SSSR count). The van der Waals surface area contributed by atoms with Gasteiger partial charge in [-0.2, -0.15) is 5.21 Å². The van der Waals surface area contributed by atoms with E-state index >= 15 is 0 Å². The average molecular weight is 418 g/mol. The van der Waals surface area contributed by atoms with Crippen LogP contribution in [0.2, 0.25) is 0 Å². The van der Waals surface area contributed by atoms with E-state index in [-0.39, 0.29) is 17.9 Å². The van der Waals surface area contributed by atoms with Crippen LogP contribution in [-0.2, 0) is 11.2 Å². The summed E-state index contributed by atoms with van der Waals surface area (Å²) < 4.78 is 0. The lowest BCUT2D eigenvalue weighted by atomic mass is 9.81. The second-order valence-corrected chi connectivity index (χ2v) is 8.41. The van der Waals surface area contributed by atoms with Crippen LogP contribution in [0.4, 0.5) is 5.82 Å². The molecule has 10 nitrogen and oxygen atoms in total. The fourth-order valence-electron chi connectivity index (χ4n) is 3.94. The number of H-pyrrole nitrogens is 1. The third-order valence-corrected chi connectivity index (χ3v) is 5.61. The number of aromatic amines is 1. The van der Waals surface area contributed by atoms with E-state index in [0.29, 0.717) is 25.2 Å². The first kappa shape index (κ1) is 22.1. The lowest BCUT2D eigenvalue weighted by Crippen LogP contribution is -2.43. The molecule has 0 spiro atoms. The predicted molar refractivity (Wildman–Crippen MR) is 111 cm³/mol. The third kappa shape index (κ3) is 5.96. The number of aromatic nitrogens is 5. The molecule has 2 aromatic heterocycles. The van der Waals surface area contributed by atoms with Gasteiger partial charge in [-0.1, -0.05) is 25.1 Å². The Kier molecular flexibility index (Phi) is 7.69. The Balaban J connectivity index is 1.66. The van der Waals surface area contributed by atoms with Crippen molar-refractivity contribution in [1.29, 1.82) is 0 Å². The number of pyridine rings is 1. The molecular formula is C20H31N7O3. The molecule has 0 radical (unpaired) electrons. The van der Waals surface area contributed by atoms with Gasteiger partial charge in [0.2, 0.25) is 0 Å². The number of carboxylic acid groups (broad SMARTS) is 1. The number of nitrogens with one attached hydrogen (secondary N) is 3. The molecule has 1 fully saturated rings. The van der Waals surface area contributed by atoms with Gasteiger partial charge >= 0.3 is 5.97 Å². The van der Waals surface area contributed by atoms with E-state index in [1.54, 1.807) is 6.20 Å². The van der Waals surface area contributed by atoms with Gasteiger partial charge in [0.15, 0.2) is 5.82 Å². The van der Waals surface area contributed by atoms with Crippen LogP contribution in [0.1, 0.15) is 44.0 Å². The number of hydrogen-bond acceptors (Lipinski definition) is 8. The summed E-state index contributed by atoms with van der Waals surface area (Å²) in [6.07, 6.45) is 3.19. The van der Waals surface area contributed by atoms with E-state index in [0.717, 1.165) is 30.9 Å². The maximum absolute atomic E-state index is 11.9. The highest BCUT2D eigenvalue weighted by Crippen LogP contribution is 2.31. The first-order chi connectivity index (χ1) is 14.4. The monoisotopic (exact) mass is 417 g/mol. The molecule has 5 N–H and O–H groups in total. The number of carbonyl (C=O) groups is 1. The van der Waals surface area contributed by atoms with Gasteiger partial charge in [0.1, 0.15) is 5.82 Å². The molecule has 3 unspecified atom stereocenters. The van der Waals surface area contributed by atoms with E-state index in [1.165, 1.54) is 0 Å². The van der Waals surface area contributed by atoms with Crippen molar-refractivity contribution in [3.8, 4) is 0 Å². The molecule has 30 heavy (non-hydrogen) atoms. The van der Waals surface area contributed by atoms with Gasteiger partial charge in [-0.3, -0.25) is 4.79 Å². The van der Waals surface area contributed by atoms with Crippen molar-refractivity contribution in [1.82, 2.24) is 30.9 Å². The standard InChI is InChI=1S/C20H31N7O3/c1-12(2)7-16(20(29)30)15(19-24-26-27-25-19)8-13-3-4-18(22-9-13)23-11-14-10-21-6-5-17(14)28/h3-4,9,12,14-17,21,28H,5-8,10-11H2,1-2H3,(H,22,23)(H,29,30)(H,24,25,26,27)/t14?,15?,16-,17?/m0/s1. The topological polar surface area (TPSA) is 149 Å². The van der Waals surface area contributed by atoms with E-state index in [1.807, 2.05) is 26.0 Å². The molecule has 1 aliphatic rings. The zero-order valence-corrected chi connectivity index (χ0v) is 17.5. The van der Waals surface area contributed by atoms with Crippen molar-refractivity contribution in [3.63, 3.8) is 0 Å². The summed E-state index contributed by atoms with van der Waals surface area (Å²) in [5.41, 5.74) is 0.907. The minimum Gasteiger partial charge on any atom is -0.481 e. The van der Waals surface area contributed by atoms with Gasteiger partial charge in [-0.25, -0.2) is 4.98 Å². The van der Waals surface area contributed by atoms with E-state index in [9.17, 15) is 15.0 Å². The number of piperidine rings is 1. The van der Waals surface area contributed by atoms with Crippen LogP contribution in [0.3, 0.4) is 0 Å². The average Bonchev–Trinajstić information content (AvgIpc) is 3.25. The summed E-state index contributed by atoms with van der Waals surface area (Å²) in [7, 11) is 0. The third-order valence-electron chi connectivity index (χ3n) is 5.61. The van der Waals surface area contributed by atoms with Crippen LogP contribution >= 0.6 is 0 Å². The molecule has 3 heterocycles. The summed E-state index contributed by atoms with van der Waals surface area (Å²) in [5, 5.41) is 40.6. The van der Waals surface area contributed by atoms with Gasteiger partial charge in [0.05, 0.1) is 12.0 Å². The smallest absolute Gasteiger partial charge is 0.307 e. The molecule has 2 aromatic rings. The number of rotatable bonds is 10. The number of aliphatic hydroxyl groups excluding tert-OH is 1. The molecule has 0 aromatic carbocycles. The number of tetrazole rings is 1. The van der Waals surface area contributed by atoms with Crippen LogP contribution in [-0.4, -0.2) is 67.5 Å². The Morgan fingerprint density at radius 1 is 1.37 bits per heavy atom. The van der Waals surface area contributed by atoms with Crippen molar-refractivity contribution in [2.24, 2.45) is 17.8 Å². The first-order valence-electron chi connectivity index (χ1n) is 10.5. The molecule has 164 valence electrons. The molecule has 0 saturated carbocycles. The lowest BCUT2D eigenvalue weighted by Gasteiger charge is -2.28. The highest BCUT2D eigenvalue weighted by Gasteiger charge is 2.33. The summed E-state index contributed by atoms with van der Waals surface area (Å²) in [5.74, 6) is -0.350. The Labute approximate surface area is 175 Å². The minimum atomic E-state index is -0.857. The Morgan fingerprint density at radius 3 is 2.80 bits per heavy atom. The summed E-state index contributed by atoms with van der Waals surface area (Å²) in [6.45, 7) is 6.28. The van der Waals surface area contributed by atoms with Crippen LogP contribution < -0.4 is 10.6 Å². The minimum absolute atomic E-state index is 0.148. The van der Waals surface area contributed by atoms with Crippen molar-refractivity contribution < 1.29 is 15.0 Å². The van der Waals surface area contributed by atoms with Crippen molar-refractivity contribution >= 4 is 11.8 Å². The van der Waals surface area contributed by atoms with Crippen LogP contribution in [0, 0.1) is 17.8 Å². The first-order valence-corrected chi connectivity index (χ1v) is 10.5. The van der Waals surface area contributed by atoms with Crippen molar-refractivity contribution in [2.75, 3.05) is 25.0 Å². The summed E-state index contributed by atoms with van der Waals surface area (Å²) >= 11 is 0. The number of aliphatic hydroxyl groups is 1. The van der Waals surface area contributed by atoms with Gasteiger partial charge in [0.25, 0.3) is 0 Å². The highest BCUT2D eigenvalue weighted by atomic mass is 16.4. The number of anilines is 1. The van der Waals surface area contributed by atoms with Crippen molar-refractivity contribution in [2.45, 2.75) is 45.1 Å². The molecule has 1 saturated heterocycles. The number of carboxylic acids is 1. The second kappa shape index (κ2) is 10.4. The molecule has 1 aliphatic heterocycles. The largest absolute Gasteiger partial charge is 0.481 e. The summed E-state index contributed by atoms with van der Waals surface area (Å²) in [6, 6.07) is 3.82. The molecule has 10 heteroatoms. The SMILES string of the molecule is CC(C)C[C@H](C(=O)O)C(Cc1ccc(NCC2CNCCC2O)nc1)c1nn[nH]n1. The maximum atomic E-state index is 11.9. The number of nitrogens with zero attached hydrogens (tertiary/aromatic N) is 4. The van der Waals surface area contributed by atoms with Crippen LogP contribution in [0.5, 0.6) is 0 Å². The molecular weight excluding hydrogens is 386 g/mol.